The predicted molar refractivity (Wildman–Crippen MR) is 117 cm³/mol. The van der Waals surface area contributed by atoms with Crippen molar-refractivity contribution in [3.63, 3.8) is 0 Å². The Kier molecular flexibility index (Phi) is 9.49. The van der Waals surface area contributed by atoms with Crippen molar-refractivity contribution in [1.82, 2.24) is 0 Å². The highest BCUT2D eigenvalue weighted by Crippen LogP contribution is 2.38. The number of aliphatic carboxylic acids is 1. The van der Waals surface area contributed by atoms with E-state index in [4.69, 9.17) is 4.74 Å². The van der Waals surface area contributed by atoms with Gasteiger partial charge in [0.1, 0.15) is 6.10 Å². The maximum atomic E-state index is 13.0. The molecule has 3 unspecified atom stereocenters. The molecule has 4 nitrogen and oxygen atoms in total. The van der Waals surface area contributed by atoms with E-state index in [0.717, 1.165) is 44.4 Å². The van der Waals surface area contributed by atoms with Crippen LogP contribution in [0.4, 0.5) is 0 Å². The van der Waals surface area contributed by atoms with Crippen LogP contribution in [0.2, 0.25) is 0 Å². The van der Waals surface area contributed by atoms with Crippen molar-refractivity contribution in [3.8, 4) is 0 Å². The van der Waals surface area contributed by atoms with Crippen molar-refractivity contribution < 1.29 is 19.4 Å². The molecule has 0 aliphatic heterocycles. The van der Waals surface area contributed by atoms with Gasteiger partial charge >= 0.3 is 11.9 Å². The highest BCUT2D eigenvalue weighted by Gasteiger charge is 2.39. The van der Waals surface area contributed by atoms with Crippen molar-refractivity contribution in [2.24, 2.45) is 29.1 Å². The first-order valence-electron chi connectivity index (χ1n) is 12.1. The zero-order valence-electron chi connectivity index (χ0n) is 19.3. The molecule has 0 aromatic rings. The lowest BCUT2D eigenvalue weighted by Gasteiger charge is -2.36. The van der Waals surface area contributed by atoms with E-state index in [2.05, 4.69) is 27.7 Å². The molecule has 0 aromatic carbocycles. The summed E-state index contributed by atoms with van der Waals surface area (Å²) in [6.07, 6.45) is 13.6. The number of unbranched alkanes of at least 4 members (excludes halogenated alkanes) is 1. The first kappa shape index (κ1) is 24.2. The molecule has 2 fully saturated rings. The van der Waals surface area contributed by atoms with Gasteiger partial charge in [-0.25, -0.2) is 0 Å². The minimum atomic E-state index is -0.839. The van der Waals surface area contributed by atoms with E-state index in [0.29, 0.717) is 18.8 Å². The zero-order valence-corrected chi connectivity index (χ0v) is 19.3. The second-order valence-electron chi connectivity index (χ2n) is 10.8. The van der Waals surface area contributed by atoms with Gasteiger partial charge in [0.05, 0.1) is 11.8 Å². The first-order valence-corrected chi connectivity index (χ1v) is 12.1. The molecule has 2 aliphatic rings. The predicted octanol–water partition coefficient (Wildman–Crippen LogP) is 6.61. The summed E-state index contributed by atoms with van der Waals surface area (Å²) in [4.78, 5) is 24.6. The summed E-state index contributed by atoms with van der Waals surface area (Å²) >= 11 is 0. The van der Waals surface area contributed by atoms with Gasteiger partial charge < -0.3 is 9.84 Å². The molecule has 0 heterocycles. The third-order valence-corrected chi connectivity index (χ3v) is 7.22. The Hall–Kier alpha value is -1.06. The monoisotopic (exact) mass is 408 g/mol. The third kappa shape index (κ3) is 7.94. The van der Waals surface area contributed by atoms with Crippen LogP contribution in [0, 0.1) is 29.1 Å². The van der Waals surface area contributed by atoms with Crippen LogP contribution < -0.4 is 0 Å². The Balaban J connectivity index is 2.00. The number of ether oxygens (including phenoxy) is 1. The quantitative estimate of drug-likeness (QED) is 0.436. The number of carbonyl (C=O) groups is 2. The minimum Gasteiger partial charge on any atom is -0.481 e. The lowest BCUT2D eigenvalue weighted by atomic mass is 9.75. The lowest BCUT2D eigenvalue weighted by molar-refractivity contribution is -0.167. The molecule has 0 radical (unpaired) electrons. The third-order valence-electron chi connectivity index (χ3n) is 7.22. The van der Waals surface area contributed by atoms with Crippen molar-refractivity contribution in [2.75, 3.05) is 0 Å². The second kappa shape index (κ2) is 11.4. The Bertz CT molecular complexity index is 513. The number of esters is 1. The fourth-order valence-electron chi connectivity index (χ4n) is 5.25. The molecule has 3 atom stereocenters. The van der Waals surface area contributed by atoms with E-state index in [-0.39, 0.29) is 17.5 Å². The number of rotatable bonds is 9. The van der Waals surface area contributed by atoms with E-state index in [1.54, 1.807) is 0 Å². The number of carbonyl (C=O) groups excluding carboxylic acids is 1. The minimum absolute atomic E-state index is 0.0507. The van der Waals surface area contributed by atoms with E-state index < -0.39 is 17.8 Å². The van der Waals surface area contributed by atoms with Gasteiger partial charge in [-0.05, 0) is 55.8 Å². The maximum Gasteiger partial charge on any atom is 0.310 e. The van der Waals surface area contributed by atoms with Gasteiger partial charge in [-0.15, -0.1) is 0 Å². The van der Waals surface area contributed by atoms with Crippen LogP contribution in [0.3, 0.4) is 0 Å². The summed E-state index contributed by atoms with van der Waals surface area (Å²) in [5.74, 6) is -0.840. The second-order valence-corrected chi connectivity index (χ2v) is 10.8. The molecule has 29 heavy (non-hydrogen) atoms. The van der Waals surface area contributed by atoms with Gasteiger partial charge in [-0.2, -0.15) is 0 Å². The number of hydrogen-bond donors (Lipinski definition) is 1. The summed E-state index contributed by atoms with van der Waals surface area (Å²) < 4.78 is 6.12. The van der Waals surface area contributed by atoms with Gasteiger partial charge in [0.2, 0.25) is 0 Å². The molecule has 2 saturated carbocycles. The van der Waals surface area contributed by atoms with Crippen molar-refractivity contribution in [3.05, 3.63) is 0 Å². The molecular weight excluding hydrogens is 364 g/mol. The first-order chi connectivity index (χ1) is 13.7. The maximum absolute atomic E-state index is 13.0. The van der Waals surface area contributed by atoms with Crippen LogP contribution in [0.15, 0.2) is 0 Å². The zero-order chi connectivity index (χ0) is 21.4. The standard InChI is InChI=1S/C25H44O4/c1-5-6-9-18-12-14-19(15-13-18)22(16-17-25(2,3)4)29-24(28)21-11-8-7-10-20(21)23(26)27/h18-22H,5-17H2,1-4H3,(H,26,27). The summed E-state index contributed by atoms with van der Waals surface area (Å²) in [6, 6.07) is 0. The summed E-state index contributed by atoms with van der Waals surface area (Å²) in [6.45, 7) is 8.95. The number of carboxylic acid groups (broad SMARTS) is 1. The van der Waals surface area contributed by atoms with Crippen LogP contribution in [0.1, 0.15) is 111 Å². The molecule has 2 rings (SSSR count). The van der Waals surface area contributed by atoms with Gasteiger partial charge in [0.15, 0.2) is 0 Å². The topological polar surface area (TPSA) is 63.6 Å². The van der Waals surface area contributed by atoms with Crippen LogP contribution in [0.25, 0.3) is 0 Å². The largest absolute Gasteiger partial charge is 0.481 e. The van der Waals surface area contributed by atoms with Gasteiger partial charge in [0, 0.05) is 0 Å². The van der Waals surface area contributed by atoms with Gasteiger partial charge in [0.25, 0.3) is 0 Å². The average Bonchev–Trinajstić information content (AvgIpc) is 2.69. The van der Waals surface area contributed by atoms with E-state index in [9.17, 15) is 14.7 Å². The van der Waals surface area contributed by atoms with Crippen LogP contribution in [0.5, 0.6) is 0 Å². The fraction of sp³-hybridized carbons (Fsp3) is 0.920. The summed E-state index contributed by atoms with van der Waals surface area (Å²) in [5, 5.41) is 9.54. The van der Waals surface area contributed by atoms with Crippen molar-refractivity contribution >= 4 is 11.9 Å². The van der Waals surface area contributed by atoms with E-state index in [1.807, 2.05) is 0 Å². The Labute approximate surface area is 178 Å². The highest BCUT2D eigenvalue weighted by molar-refractivity contribution is 5.81. The molecule has 0 bridgehead atoms. The molecule has 4 heteroatoms. The molecule has 0 amide bonds. The SMILES string of the molecule is CCCCC1CCC(C(CCC(C)(C)C)OC(=O)C2CCCCC2C(=O)O)CC1. The molecule has 168 valence electrons. The Morgan fingerprint density at radius 1 is 1.00 bits per heavy atom. The molecular formula is C25H44O4. The summed E-state index contributed by atoms with van der Waals surface area (Å²) in [7, 11) is 0. The molecule has 1 N–H and O–H groups in total. The Morgan fingerprint density at radius 3 is 2.17 bits per heavy atom. The fourth-order valence-corrected chi connectivity index (χ4v) is 5.25. The molecule has 2 aliphatic carbocycles. The molecule has 0 spiro atoms. The smallest absolute Gasteiger partial charge is 0.310 e. The van der Waals surface area contributed by atoms with Crippen molar-refractivity contribution in [2.45, 2.75) is 117 Å². The molecule has 0 saturated heterocycles. The molecule has 0 aromatic heterocycles. The normalized spacial score (nSPS) is 29.2. The Morgan fingerprint density at radius 2 is 1.62 bits per heavy atom. The summed E-state index contributed by atoms with van der Waals surface area (Å²) in [5.41, 5.74) is 0.206. The van der Waals surface area contributed by atoms with E-state index in [1.165, 1.54) is 32.1 Å². The van der Waals surface area contributed by atoms with Gasteiger partial charge in [-0.1, -0.05) is 72.6 Å². The van der Waals surface area contributed by atoms with Gasteiger partial charge in [-0.3, -0.25) is 9.59 Å². The number of hydrogen-bond acceptors (Lipinski definition) is 3. The number of carboxylic acids is 1. The van der Waals surface area contributed by atoms with Crippen LogP contribution in [-0.4, -0.2) is 23.1 Å². The lowest BCUT2D eigenvalue weighted by Crippen LogP contribution is -2.38. The van der Waals surface area contributed by atoms with Crippen LogP contribution in [-0.2, 0) is 14.3 Å². The van der Waals surface area contributed by atoms with Crippen molar-refractivity contribution in [1.29, 1.82) is 0 Å². The van der Waals surface area contributed by atoms with Crippen LogP contribution >= 0.6 is 0 Å². The van der Waals surface area contributed by atoms with E-state index >= 15 is 0 Å². The average molecular weight is 409 g/mol. The highest BCUT2D eigenvalue weighted by atomic mass is 16.5.